The van der Waals surface area contributed by atoms with E-state index < -0.39 is 17.5 Å². The van der Waals surface area contributed by atoms with E-state index in [1.54, 1.807) is 0 Å². The summed E-state index contributed by atoms with van der Waals surface area (Å²) in [6.07, 6.45) is 0. The zero-order chi connectivity index (χ0) is 15.6. The van der Waals surface area contributed by atoms with Crippen molar-refractivity contribution in [3.05, 3.63) is 45.7 Å². The summed E-state index contributed by atoms with van der Waals surface area (Å²) in [7, 11) is 0. The molecule has 0 saturated carbocycles. The Morgan fingerprint density at radius 3 is 2.24 bits per heavy atom. The van der Waals surface area contributed by atoms with Crippen LogP contribution in [0.1, 0.15) is 6.92 Å². The second kappa shape index (κ2) is 6.41. The predicted molar refractivity (Wildman–Crippen MR) is 78.0 cm³/mol. The van der Waals surface area contributed by atoms with E-state index in [1.807, 2.05) is 6.92 Å². The molecule has 0 atom stereocenters. The number of halogens is 5. The second-order valence-corrected chi connectivity index (χ2v) is 4.87. The largest absolute Gasteiger partial charge is 0.369 e. The van der Waals surface area contributed by atoms with Crippen LogP contribution in [-0.4, -0.2) is 11.5 Å². The smallest absolute Gasteiger partial charge is 0.161 e. The molecule has 112 valence electrons. The van der Waals surface area contributed by atoms with Gasteiger partial charge in [-0.2, -0.15) is 0 Å². The first-order valence-electron chi connectivity index (χ1n) is 5.93. The summed E-state index contributed by atoms with van der Waals surface area (Å²) < 4.78 is 39.6. The molecular weight excluding hydrogens is 326 g/mol. The van der Waals surface area contributed by atoms with Crippen LogP contribution < -0.4 is 10.6 Å². The van der Waals surface area contributed by atoms with Gasteiger partial charge in [-0.3, -0.25) is 0 Å². The molecule has 2 aromatic rings. The number of benzene rings is 1. The number of nitrogens with zero attached hydrogens (tertiary/aromatic N) is 1. The lowest BCUT2D eigenvalue weighted by molar-refractivity contribution is 0.496. The number of aromatic nitrogens is 1. The van der Waals surface area contributed by atoms with E-state index in [-0.39, 0.29) is 21.6 Å². The van der Waals surface area contributed by atoms with Crippen molar-refractivity contribution < 1.29 is 13.2 Å². The zero-order valence-electron chi connectivity index (χ0n) is 10.8. The van der Waals surface area contributed by atoms with E-state index in [4.69, 9.17) is 23.2 Å². The van der Waals surface area contributed by atoms with Crippen molar-refractivity contribution in [2.24, 2.45) is 0 Å². The maximum atomic E-state index is 13.6. The van der Waals surface area contributed by atoms with E-state index in [0.29, 0.717) is 24.5 Å². The van der Waals surface area contributed by atoms with E-state index in [1.165, 1.54) is 6.07 Å². The van der Waals surface area contributed by atoms with Crippen molar-refractivity contribution in [1.29, 1.82) is 0 Å². The standard InChI is InChI=1S/C13H10Cl2F3N3/c1-2-19-12-6(14)3-7(15)13(21-12)20-11-5-9(17)8(16)4-10(11)18/h3-5H,2H2,1H3,(H2,19,20,21). The molecule has 0 spiro atoms. The Balaban J connectivity index is 2.39. The molecule has 0 aliphatic rings. The summed E-state index contributed by atoms with van der Waals surface area (Å²) in [6, 6.07) is 2.53. The van der Waals surface area contributed by atoms with Crippen LogP contribution in [0.25, 0.3) is 0 Å². The van der Waals surface area contributed by atoms with Gasteiger partial charge in [0.1, 0.15) is 11.6 Å². The van der Waals surface area contributed by atoms with Crippen molar-refractivity contribution in [2.45, 2.75) is 6.92 Å². The Morgan fingerprint density at radius 2 is 1.57 bits per heavy atom. The lowest BCUT2D eigenvalue weighted by Crippen LogP contribution is -2.04. The fraction of sp³-hybridized carbons (Fsp3) is 0.154. The average Bonchev–Trinajstić information content (AvgIpc) is 2.41. The summed E-state index contributed by atoms with van der Waals surface area (Å²) in [5.74, 6) is -3.01. The van der Waals surface area contributed by atoms with Gasteiger partial charge in [-0.05, 0) is 13.0 Å². The summed E-state index contributed by atoms with van der Waals surface area (Å²) in [6.45, 7) is 2.40. The molecule has 1 aromatic carbocycles. The van der Waals surface area contributed by atoms with Crippen LogP contribution in [0.5, 0.6) is 0 Å². The molecule has 0 bridgehead atoms. The SMILES string of the molecule is CCNc1nc(Nc2cc(F)c(F)cc2F)c(Cl)cc1Cl. The van der Waals surface area contributed by atoms with Crippen LogP contribution in [-0.2, 0) is 0 Å². The molecule has 0 amide bonds. The lowest BCUT2D eigenvalue weighted by Gasteiger charge is -2.12. The van der Waals surface area contributed by atoms with E-state index >= 15 is 0 Å². The predicted octanol–water partition coefficient (Wildman–Crippen LogP) is 4.98. The molecule has 0 aliphatic heterocycles. The van der Waals surface area contributed by atoms with Gasteiger partial charge in [-0.15, -0.1) is 0 Å². The zero-order valence-corrected chi connectivity index (χ0v) is 12.3. The molecule has 0 fully saturated rings. The van der Waals surface area contributed by atoms with Crippen molar-refractivity contribution in [1.82, 2.24) is 4.98 Å². The minimum absolute atomic E-state index is 0.0712. The summed E-state index contributed by atoms with van der Waals surface area (Å²) in [4.78, 5) is 4.08. The van der Waals surface area contributed by atoms with Crippen molar-refractivity contribution in [3.63, 3.8) is 0 Å². The van der Waals surface area contributed by atoms with Gasteiger partial charge < -0.3 is 10.6 Å². The second-order valence-electron chi connectivity index (χ2n) is 4.05. The number of nitrogens with one attached hydrogen (secondary N) is 2. The molecule has 0 saturated heterocycles. The Bertz CT molecular complexity index is 680. The number of rotatable bonds is 4. The first-order chi connectivity index (χ1) is 9.92. The van der Waals surface area contributed by atoms with Gasteiger partial charge in [0.25, 0.3) is 0 Å². The molecular formula is C13H10Cl2F3N3. The van der Waals surface area contributed by atoms with E-state index in [9.17, 15) is 13.2 Å². The maximum Gasteiger partial charge on any atom is 0.161 e. The Hall–Kier alpha value is -1.66. The Morgan fingerprint density at radius 1 is 0.952 bits per heavy atom. The third-order valence-electron chi connectivity index (χ3n) is 2.54. The third kappa shape index (κ3) is 3.51. The van der Waals surface area contributed by atoms with E-state index in [0.717, 1.165) is 0 Å². The number of hydrogen-bond acceptors (Lipinski definition) is 3. The van der Waals surface area contributed by atoms with Gasteiger partial charge in [0.15, 0.2) is 17.5 Å². The average molecular weight is 336 g/mol. The first-order valence-corrected chi connectivity index (χ1v) is 6.69. The van der Waals surface area contributed by atoms with E-state index in [2.05, 4.69) is 15.6 Å². The summed E-state index contributed by atoms with van der Waals surface area (Å²) >= 11 is 11.9. The van der Waals surface area contributed by atoms with Crippen LogP contribution in [0.3, 0.4) is 0 Å². The molecule has 2 rings (SSSR count). The quantitative estimate of drug-likeness (QED) is 0.773. The number of hydrogen-bond donors (Lipinski definition) is 2. The van der Waals surface area contributed by atoms with Crippen LogP contribution in [0.15, 0.2) is 18.2 Å². The van der Waals surface area contributed by atoms with Gasteiger partial charge >= 0.3 is 0 Å². The molecule has 3 nitrogen and oxygen atoms in total. The monoisotopic (exact) mass is 335 g/mol. The van der Waals surface area contributed by atoms with Crippen LogP contribution >= 0.6 is 23.2 Å². The summed E-state index contributed by atoms with van der Waals surface area (Å²) in [5, 5.41) is 5.81. The Kier molecular flexibility index (Phi) is 4.80. The highest BCUT2D eigenvalue weighted by atomic mass is 35.5. The molecule has 21 heavy (non-hydrogen) atoms. The molecule has 0 aliphatic carbocycles. The minimum Gasteiger partial charge on any atom is -0.369 e. The number of pyridine rings is 1. The molecule has 1 heterocycles. The van der Waals surface area contributed by atoms with Crippen molar-refractivity contribution >= 4 is 40.5 Å². The topological polar surface area (TPSA) is 37.0 Å². The van der Waals surface area contributed by atoms with Crippen LogP contribution in [0.4, 0.5) is 30.5 Å². The lowest BCUT2D eigenvalue weighted by atomic mass is 10.2. The maximum absolute atomic E-state index is 13.6. The van der Waals surface area contributed by atoms with Gasteiger partial charge in [-0.25, -0.2) is 18.2 Å². The first kappa shape index (κ1) is 15.7. The summed E-state index contributed by atoms with van der Waals surface area (Å²) in [5.41, 5.74) is -0.284. The fourth-order valence-corrected chi connectivity index (χ4v) is 2.06. The van der Waals surface area contributed by atoms with Crippen molar-refractivity contribution in [2.75, 3.05) is 17.2 Å². The molecule has 8 heteroatoms. The normalized spacial score (nSPS) is 10.6. The molecule has 1 aromatic heterocycles. The van der Waals surface area contributed by atoms with Gasteiger partial charge in [0.05, 0.1) is 15.7 Å². The molecule has 0 unspecified atom stereocenters. The highest BCUT2D eigenvalue weighted by molar-refractivity contribution is 6.37. The van der Waals surface area contributed by atoms with Gasteiger partial charge in [0, 0.05) is 18.7 Å². The highest BCUT2D eigenvalue weighted by Crippen LogP contribution is 2.32. The fourth-order valence-electron chi connectivity index (χ4n) is 1.59. The van der Waals surface area contributed by atoms with Gasteiger partial charge in [0.2, 0.25) is 0 Å². The third-order valence-corrected chi connectivity index (χ3v) is 3.11. The van der Waals surface area contributed by atoms with Crippen LogP contribution in [0.2, 0.25) is 10.0 Å². The number of anilines is 3. The van der Waals surface area contributed by atoms with Gasteiger partial charge in [-0.1, -0.05) is 23.2 Å². The highest BCUT2D eigenvalue weighted by Gasteiger charge is 2.14. The molecule has 2 N–H and O–H groups in total. The van der Waals surface area contributed by atoms with Crippen LogP contribution in [0, 0.1) is 17.5 Å². The van der Waals surface area contributed by atoms with Crippen molar-refractivity contribution in [3.8, 4) is 0 Å². The minimum atomic E-state index is -1.28. The molecule has 0 radical (unpaired) electrons. The Labute approximate surface area is 129 Å².